The minimum Gasteiger partial charge on any atom is -0.545 e. The largest absolute Gasteiger partial charge is 0.545 e. The van der Waals surface area contributed by atoms with Gasteiger partial charge >= 0.3 is 0 Å². The maximum absolute atomic E-state index is 12.0. The Labute approximate surface area is 145 Å². The van der Waals surface area contributed by atoms with Crippen molar-refractivity contribution in [2.45, 2.75) is 26.2 Å². The number of carboxylic acid groups (broad SMARTS) is 1. The average molecular weight is 346 g/mol. The van der Waals surface area contributed by atoms with Crippen LogP contribution in [0, 0.1) is 0 Å². The Balaban J connectivity index is 2.44. The van der Waals surface area contributed by atoms with Gasteiger partial charge in [-0.15, -0.1) is 0 Å². The fourth-order valence-electron chi connectivity index (χ4n) is 1.75. The summed E-state index contributed by atoms with van der Waals surface area (Å²) in [5, 5.41) is 12.5. The summed E-state index contributed by atoms with van der Waals surface area (Å²) < 4.78 is 0. The highest BCUT2D eigenvalue weighted by Crippen LogP contribution is 2.22. The van der Waals surface area contributed by atoms with Gasteiger partial charge in [0, 0.05) is 11.6 Å². The number of carbonyl (C=O) groups is 4. The molecule has 0 aliphatic rings. The molecule has 0 spiro atoms. The van der Waals surface area contributed by atoms with Crippen molar-refractivity contribution in [3.05, 3.63) is 47.5 Å². The summed E-state index contributed by atoms with van der Waals surface area (Å²) in [5.41, 5.74) is 5.43. The van der Waals surface area contributed by atoms with Gasteiger partial charge in [0.1, 0.15) is 0 Å². The second-order valence-electron chi connectivity index (χ2n) is 6.20. The van der Waals surface area contributed by atoms with E-state index in [-0.39, 0.29) is 12.0 Å². The van der Waals surface area contributed by atoms with E-state index in [9.17, 15) is 24.3 Å². The molecule has 0 bridgehead atoms. The maximum Gasteiger partial charge on any atom is 0.262 e. The van der Waals surface area contributed by atoms with Crippen LogP contribution < -0.4 is 21.3 Å². The van der Waals surface area contributed by atoms with Crippen LogP contribution in [0.3, 0.4) is 0 Å². The topological polar surface area (TPSA) is 127 Å². The third-order valence-electron chi connectivity index (χ3n) is 3.12. The maximum atomic E-state index is 12.0. The van der Waals surface area contributed by atoms with Gasteiger partial charge in [0.25, 0.3) is 17.7 Å². The molecule has 0 heterocycles. The minimum atomic E-state index is -1.54. The number of hydrogen-bond donors (Lipinski definition) is 3. The molecule has 1 rings (SSSR count). The molecule has 0 aromatic heterocycles. The molecule has 1 aromatic rings. The van der Waals surface area contributed by atoms with Crippen LogP contribution in [-0.2, 0) is 19.8 Å². The minimum absolute atomic E-state index is 0.0295. The first kappa shape index (κ1) is 19.9. The summed E-state index contributed by atoms with van der Waals surface area (Å²) in [4.78, 5) is 44.7. The molecule has 3 amide bonds. The van der Waals surface area contributed by atoms with E-state index in [0.717, 1.165) is 5.56 Å². The zero-order valence-electron chi connectivity index (χ0n) is 14.2. The van der Waals surface area contributed by atoms with E-state index >= 15 is 0 Å². The van der Waals surface area contributed by atoms with Crippen LogP contribution in [0.5, 0.6) is 0 Å². The molecule has 0 saturated carbocycles. The average Bonchev–Trinajstić information content (AvgIpc) is 2.55. The summed E-state index contributed by atoms with van der Waals surface area (Å²) in [7, 11) is 0. The molecule has 8 heteroatoms. The van der Waals surface area contributed by atoms with Crippen molar-refractivity contribution in [2.24, 2.45) is 0 Å². The van der Waals surface area contributed by atoms with Gasteiger partial charge in [-0.3, -0.25) is 25.2 Å². The lowest BCUT2D eigenvalue weighted by Gasteiger charge is -2.19. The standard InChI is InChI=1S/C17H21N3O5/c1-17(2,3)12-6-4-11(5-7-12)16(25)18-10-14(22)20-19-13(21)8-9-15(23)24/h4-9H,10H2,1-3H3,(H,18,25)(H,19,21)(H,20,22)(H,23,24)/p-1/b9-8+. The Kier molecular flexibility index (Phi) is 6.86. The number of hydrazine groups is 1. The Hall–Kier alpha value is -3.16. The van der Waals surface area contributed by atoms with Gasteiger partial charge in [0.2, 0.25) is 0 Å². The van der Waals surface area contributed by atoms with E-state index in [1.54, 1.807) is 12.1 Å². The number of carbonyl (C=O) groups excluding carboxylic acids is 4. The number of hydrogen-bond acceptors (Lipinski definition) is 5. The number of carboxylic acids is 1. The number of rotatable bonds is 5. The normalized spacial score (nSPS) is 11.0. The molecule has 0 aliphatic heterocycles. The van der Waals surface area contributed by atoms with Crippen LogP contribution in [0.25, 0.3) is 0 Å². The highest BCUT2D eigenvalue weighted by atomic mass is 16.4. The zero-order valence-corrected chi connectivity index (χ0v) is 14.2. The van der Waals surface area contributed by atoms with Crippen molar-refractivity contribution in [3.8, 4) is 0 Å². The quantitative estimate of drug-likeness (QED) is 0.473. The summed E-state index contributed by atoms with van der Waals surface area (Å²) >= 11 is 0. The Morgan fingerprint density at radius 3 is 2.12 bits per heavy atom. The van der Waals surface area contributed by atoms with Crippen LogP contribution in [-0.4, -0.2) is 30.2 Å². The van der Waals surface area contributed by atoms with E-state index in [1.807, 2.05) is 23.0 Å². The van der Waals surface area contributed by atoms with Crippen molar-refractivity contribution < 1.29 is 24.3 Å². The molecule has 0 radical (unpaired) electrons. The number of nitrogens with one attached hydrogen (secondary N) is 3. The lowest BCUT2D eigenvalue weighted by molar-refractivity contribution is -0.297. The molecule has 0 fully saturated rings. The van der Waals surface area contributed by atoms with Gasteiger partial charge in [-0.25, -0.2) is 0 Å². The zero-order chi connectivity index (χ0) is 19.0. The first-order chi connectivity index (χ1) is 11.6. The Morgan fingerprint density at radius 1 is 1.00 bits per heavy atom. The molecular formula is C17H20N3O5-. The van der Waals surface area contributed by atoms with Gasteiger partial charge in [-0.05, 0) is 29.2 Å². The molecular weight excluding hydrogens is 326 g/mol. The van der Waals surface area contributed by atoms with E-state index in [0.29, 0.717) is 17.7 Å². The van der Waals surface area contributed by atoms with Gasteiger partial charge < -0.3 is 15.2 Å². The van der Waals surface area contributed by atoms with Gasteiger partial charge in [-0.2, -0.15) is 0 Å². The molecule has 3 N–H and O–H groups in total. The first-order valence-corrected chi connectivity index (χ1v) is 7.46. The molecule has 0 aliphatic carbocycles. The van der Waals surface area contributed by atoms with Gasteiger partial charge in [-0.1, -0.05) is 32.9 Å². The third kappa shape index (κ3) is 7.30. The highest BCUT2D eigenvalue weighted by Gasteiger charge is 2.14. The summed E-state index contributed by atoms with van der Waals surface area (Å²) in [6.07, 6.45) is 1.20. The van der Waals surface area contributed by atoms with Crippen molar-refractivity contribution in [1.82, 2.24) is 16.2 Å². The first-order valence-electron chi connectivity index (χ1n) is 7.46. The summed E-state index contributed by atoms with van der Waals surface area (Å²) in [5.74, 6) is -3.48. The van der Waals surface area contributed by atoms with Crippen molar-refractivity contribution in [2.75, 3.05) is 6.54 Å². The number of aliphatic carboxylic acids is 1. The van der Waals surface area contributed by atoms with Crippen LogP contribution in [0.15, 0.2) is 36.4 Å². The predicted octanol–water partition coefficient (Wildman–Crippen LogP) is -0.833. The molecule has 0 saturated heterocycles. The smallest absolute Gasteiger partial charge is 0.262 e. The second kappa shape index (κ2) is 8.62. The van der Waals surface area contributed by atoms with Crippen molar-refractivity contribution in [3.63, 3.8) is 0 Å². The van der Waals surface area contributed by atoms with E-state index in [4.69, 9.17) is 0 Å². The van der Waals surface area contributed by atoms with E-state index in [2.05, 4.69) is 26.1 Å². The lowest BCUT2D eigenvalue weighted by atomic mass is 9.87. The van der Waals surface area contributed by atoms with Crippen LogP contribution in [0.1, 0.15) is 36.7 Å². The SMILES string of the molecule is CC(C)(C)c1ccc(C(=O)NCC(=O)NNC(=O)/C=C/C(=O)[O-])cc1. The van der Waals surface area contributed by atoms with E-state index in [1.165, 1.54) is 0 Å². The van der Waals surface area contributed by atoms with E-state index < -0.39 is 23.7 Å². The Bertz CT molecular complexity index is 687. The highest BCUT2D eigenvalue weighted by molar-refractivity contribution is 5.97. The monoisotopic (exact) mass is 346 g/mol. The fraction of sp³-hybridized carbons (Fsp3) is 0.294. The predicted molar refractivity (Wildman–Crippen MR) is 87.9 cm³/mol. The third-order valence-corrected chi connectivity index (χ3v) is 3.12. The molecule has 134 valence electrons. The summed E-state index contributed by atoms with van der Waals surface area (Å²) in [6.45, 7) is 5.82. The van der Waals surface area contributed by atoms with Crippen LogP contribution in [0.2, 0.25) is 0 Å². The van der Waals surface area contributed by atoms with Crippen LogP contribution in [0.4, 0.5) is 0 Å². The second-order valence-corrected chi connectivity index (χ2v) is 6.20. The number of amides is 3. The van der Waals surface area contributed by atoms with Crippen molar-refractivity contribution >= 4 is 23.7 Å². The Morgan fingerprint density at radius 2 is 1.60 bits per heavy atom. The van der Waals surface area contributed by atoms with Gasteiger partial charge in [0.05, 0.1) is 12.5 Å². The molecule has 0 atom stereocenters. The fourth-order valence-corrected chi connectivity index (χ4v) is 1.75. The molecule has 25 heavy (non-hydrogen) atoms. The molecule has 8 nitrogen and oxygen atoms in total. The van der Waals surface area contributed by atoms with Crippen molar-refractivity contribution in [1.29, 1.82) is 0 Å². The van der Waals surface area contributed by atoms with Crippen LogP contribution >= 0.6 is 0 Å². The molecule has 1 aromatic carbocycles. The summed E-state index contributed by atoms with van der Waals surface area (Å²) in [6, 6.07) is 7.03. The number of benzene rings is 1. The van der Waals surface area contributed by atoms with Gasteiger partial charge in [0.15, 0.2) is 0 Å². The lowest BCUT2D eigenvalue weighted by Crippen LogP contribution is -2.46. The molecule has 0 unspecified atom stereocenters.